The minimum atomic E-state index is -4.87. The number of aliphatic carboxylic acids is 1. The number of hydrogen-bond donors (Lipinski definition) is 4. The summed E-state index contributed by atoms with van der Waals surface area (Å²) in [6.45, 7) is 0. The summed E-state index contributed by atoms with van der Waals surface area (Å²) in [4.78, 5) is 34.6. The number of hydrazone groups is 1. The number of aromatic nitrogens is 3. The molecule has 208 valence electrons. The average Bonchev–Trinajstić information content (AvgIpc) is 3.17. The predicted molar refractivity (Wildman–Crippen MR) is 137 cm³/mol. The summed E-state index contributed by atoms with van der Waals surface area (Å²) in [6, 6.07) is 5.37. The van der Waals surface area contributed by atoms with Gasteiger partial charge in [-0.15, -0.1) is 0 Å². The third-order valence-corrected chi connectivity index (χ3v) is 6.97. The van der Waals surface area contributed by atoms with Crippen LogP contribution in [0.5, 0.6) is 0 Å². The quantitative estimate of drug-likeness (QED) is 0.101. The minimum Gasteiger partial charge on any atom is -0.477 e. The third kappa shape index (κ3) is 8.78. The van der Waals surface area contributed by atoms with Gasteiger partial charge in [0.1, 0.15) is 10.6 Å². The molecule has 3 aromatic rings. The Hall–Kier alpha value is -1.50. The maximum atomic E-state index is 13.0. The van der Waals surface area contributed by atoms with Crippen molar-refractivity contribution in [1.82, 2.24) is 15.0 Å². The molecular weight excluding hydrogens is 681 g/mol. The summed E-state index contributed by atoms with van der Waals surface area (Å²) in [5, 5.41) is 23.3. The van der Waals surface area contributed by atoms with E-state index in [1.165, 1.54) is 6.07 Å². The van der Waals surface area contributed by atoms with Crippen LogP contribution < -0.4 is 91.3 Å². The summed E-state index contributed by atoms with van der Waals surface area (Å²) in [5.74, 6) is -2.85. The molecule has 0 spiro atoms. The molecule has 2 aromatic carbocycles. The van der Waals surface area contributed by atoms with E-state index in [9.17, 15) is 36.1 Å². The van der Waals surface area contributed by atoms with Gasteiger partial charge in [0, 0.05) is 5.69 Å². The van der Waals surface area contributed by atoms with Gasteiger partial charge in [-0.2, -0.15) is 52.1 Å². The van der Waals surface area contributed by atoms with Crippen molar-refractivity contribution in [3.05, 3.63) is 53.0 Å². The number of carbonyl (C=O) groups excluding carboxylic acids is 1. The van der Waals surface area contributed by atoms with Crippen LogP contribution in [0.1, 0.15) is 0 Å². The molecule has 1 aromatic heterocycles. The zero-order chi connectivity index (χ0) is 29.4. The van der Waals surface area contributed by atoms with E-state index in [1.807, 2.05) is 0 Å². The van der Waals surface area contributed by atoms with Crippen molar-refractivity contribution >= 4 is 84.0 Å². The zero-order valence-corrected chi connectivity index (χ0v) is 29.4. The maximum absolute atomic E-state index is 13.0. The summed E-state index contributed by atoms with van der Waals surface area (Å²) in [7, 11) is -9.41. The van der Waals surface area contributed by atoms with E-state index in [2.05, 4.69) is 35.6 Å². The topological polar surface area (TPSA) is 254 Å². The fourth-order valence-corrected chi connectivity index (χ4v) is 4.62. The van der Waals surface area contributed by atoms with Crippen molar-refractivity contribution in [3.8, 4) is 0 Å². The first-order valence-corrected chi connectivity index (χ1v) is 13.9. The van der Waals surface area contributed by atoms with Gasteiger partial charge in [-0.25, -0.2) is 4.79 Å². The van der Waals surface area contributed by atoms with Gasteiger partial charge in [0.15, 0.2) is 5.71 Å². The normalized spacial score (nSPS) is 15.1. The SMILES string of the molecule is O=C(O)C1=NN(c2ccc(S(=O)(=O)O)cc2)C(=O)C1N=Nc1cc(Nc2nc(Cl)nc(Cl)n2)ccc1S(=O)(=O)O.[K+].[Na+]. The maximum Gasteiger partial charge on any atom is 1.00 e. The van der Waals surface area contributed by atoms with E-state index in [0.717, 1.165) is 36.4 Å². The van der Waals surface area contributed by atoms with Gasteiger partial charge in [0.2, 0.25) is 22.6 Å². The molecule has 0 radical (unpaired) electrons. The summed E-state index contributed by atoms with van der Waals surface area (Å²) in [5.41, 5.74) is -1.31. The van der Waals surface area contributed by atoms with Crippen molar-refractivity contribution in [3.63, 3.8) is 0 Å². The molecule has 0 bridgehead atoms. The van der Waals surface area contributed by atoms with Crippen LogP contribution in [0.25, 0.3) is 0 Å². The van der Waals surface area contributed by atoms with Gasteiger partial charge >= 0.3 is 86.9 Å². The predicted octanol–water partition coefficient (Wildman–Crippen LogP) is -3.64. The monoisotopic (exact) mass is 692 g/mol. The number of carboxylic acids is 1. The largest absolute Gasteiger partial charge is 1.00 e. The van der Waals surface area contributed by atoms with E-state index in [1.54, 1.807) is 0 Å². The standard InChI is InChI=1S/C19H12Cl2N8O9S2.K.Na/c20-17-23-18(21)25-19(24-17)22-8-1-6-12(40(36,37)38)11(7-8)26-27-13-14(16(31)32)28-29(15(13)30)9-2-4-10(5-3-9)39(33,34)35;;/h1-7,13H,(H,31,32)(H,33,34,35)(H,36,37,38)(H,22,23,24,25);;/q;2*+1. The zero-order valence-electron chi connectivity index (χ0n) is 21.1. The Morgan fingerprint density at radius 3 is 2.07 bits per heavy atom. The Bertz CT molecular complexity index is 1810. The Morgan fingerprint density at radius 2 is 1.55 bits per heavy atom. The van der Waals surface area contributed by atoms with Crippen LogP contribution in [0.2, 0.25) is 10.6 Å². The number of hydrogen-bond acceptors (Lipinski definition) is 13. The molecular formula is C19H12Cl2KN8NaO9S2+2. The Morgan fingerprint density at radius 1 is 0.952 bits per heavy atom. The number of azo groups is 1. The van der Waals surface area contributed by atoms with Crippen molar-refractivity contribution < 1.29 is 122 Å². The second kappa shape index (κ2) is 14.5. The third-order valence-electron chi connectivity index (χ3n) is 4.86. The first kappa shape index (κ1) is 36.7. The van der Waals surface area contributed by atoms with Crippen LogP contribution in [0, 0.1) is 0 Å². The molecule has 1 amide bonds. The van der Waals surface area contributed by atoms with Crippen LogP contribution in [-0.4, -0.2) is 69.6 Å². The smallest absolute Gasteiger partial charge is 0.477 e. The van der Waals surface area contributed by atoms with E-state index in [4.69, 9.17) is 27.8 Å². The van der Waals surface area contributed by atoms with Crippen molar-refractivity contribution in [2.75, 3.05) is 10.3 Å². The molecule has 0 saturated heterocycles. The fourth-order valence-electron chi connectivity index (χ4n) is 3.17. The molecule has 4 N–H and O–H groups in total. The van der Waals surface area contributed by atoms with E-state index in [0.29, 0.717) is 5.01 Å². The van der Waals surface area contributed by atoms with Gasteiger partial charge in [0.05, 0.1) is 10.6 Å². The average molecular weight is 693 g/mol. The molecule has 2 heterocycles. The number of nitrogens with zero attached hydrogens (tertiary/aromatic N) is 7. The Labute approximate surface area is 311 Å². The Kier molecular flexibility index (Phi) is 12.7. The molecule has 17 nitrogen and oxygen atoms in total. The number of nitrogens with one attached hydrogen (secondary N) is 1. The number of rotatable bonds is 8. The van der Waals surface area contributed by atoms with Gasteiger partial charge < -0.3 is 10.4 Å². The summed E-state index contributed by atoms with van der Waals surface area (Å²) >= 11 is 11.5. The van der Waals surface area contributed by atoms with Crippen molar-refractivity contribution in [2.45, 2.75) is 15.8 Å². The number of carbonyl (C=O) groups is 2. The van der Waals surface area contributed by atoms with Gasteiger partial charge in [-0.05, 0) is 65.7 Å². The summed E-state index contributed by atoms with van der Waals surface area (Å²) < 4.78 is 65.0. The fraction of sp³-hybridized carbons (Fsp3) is 0.0526. The number of anilines is 3. The molecule has 4 rings (SSSR count). The van der Waals surface area contributed by atoms with Gasteiger partial charge in [-0.3, -0.25) is 13.9 Å². The number of amides is 1. The van der Waals surface area contributed by atoms with Crippen molar-refractivity contribution in [1.29, 1.82) is 0 Å². The van der Waals surface area contributed by atoms with E-state index >= 15 is 0 Å². The molecule has 1 atom stereocenters. The molecule has 0 saturated carbocycles. The van der Waals surface area contributed by atoms with Crippen LogP contribution >= 0.6 is 23.2 Å². The van der Waals surface area contributed by atoms with Crippen molar-refractivity contribution in [2.24, 2.45) is 15.3 Å². The van der Waals surface area contributed by atoms with Crippen LogP contribution in [-0.2, 0) is 29.8 Å². The van der Waals surface area contributed by atoms with E-state index < -0.39 is 59.3 Å². The molecule has 0 aliphatic carbocycles. The van der Waals surface area contributed by atoms with Gasteiger partial charge in [-0.1, -0.05) is 0 Å². The van der Waals surface area contributed by atoms with Crippen LogP contribution in [0.3, 0.4) is 0 Å². The number of carboxylic acid groups (broad SMARTS) is 1. The second-order valence-corrected chi connectivity index (χ2v) is 11.0. The molecule has 1 aliphatic heterocycles. The molecule has 42 heavy (non-hydrogen) atoms. The first-order chi connectivity index (χ1) is 18.6. The van der Waals surface area contributed by atoms with Crippen LogP contribution in [0.15, 0.2) is 67.6 Å². The molecule has 23 heteroatoms. The second-order valence-electron chi connectivity index (χ2n) is 7.51. The molecule has 1 unspecified atom stereocenters. The first-order valence-electron chi connectivity index (χ1n) is 10.2. The minimum absolute atomic E-state index is 0. The summed E-state index contributed by atoms with van der Waals surface area (Å²) in [6.07, 6.45) is 0. The van der Waals surface area contributed by atoms with Crippen LogP contribution in [0.4, 0.5) is 23.0 Å². The Balaban J connectivity index is 0.00000308. The number of halogens is 2. The number of benzene rings is 2. The van der Waals surface area contributed by atoms with E-state index in [-0.39, 0.29) is 109 Å². The molecule has 1 aliphatic rings. The molecule has 0 fully saturated rings. The van der Waals surface area contributed by atoms with Gasteiger partial charge in [0.25, 0.3) is 26.1 Å².